The molecule has 9 heteroatoms. The molecule has 6 nitrogen and oxygen atoms in total. The summed E-state index contributed by atoms with van der Waals surface area (Å²) >= 11 is 3.89. The second-order valence-electron chi connectivity index (χ2n) is 8.66. The zero-order valence-electron chi connectivity index (χ0n) is 21.0. The smallest absolute Gasteiger partial charge is 0.407 e. The van der Waals surface area contributed by atoms with Crippen molar-refractivity contribution in [2.75, 3.05) is 35.3 Å². The third-order valence-corrected chi connectivity index (χ3v) is 8.88. The van der Waals surface area contributed by atoms with E-state index in [0.717, 1.165) is 16.6 Å². The van der Waals surface area contributed by atoms with E-state index in [1.54, 1.807) is 11.8 Å². The second kappa shape index (κ2) is 24.0. The van der Waals surface area contributed by atoms with Gasteiger partial charge in [0.2, 0.25) is 10.0 Å². The van der Waals surface area contributed by atoms with E-state index in [2.05, 4.69) is 39.6 Å². The number of hydrogen-bond donors (Lipinski definition) is 2. The predicted molar refractivity (Wildman–Crippen MR) is 152 cm³/mol. The molecular weight excluding hydrogens is 571 g/mol. The van der Waals surface area contributed by atoms with Gasteiger partial charge >= 0.3 is 6.09 Å². The van der Waals surface area contributed by atoms with Gasteiger partial charge in [-0.25, -0.2) is 17.9 Å². The van der Waals surface area contributed by atoms with Crippen molar-refractivity contribution in [3.05, 3.63) is 0 Å². The number of halogens is 1. The minimum absolute atomic E-state index is 0.106. The summed E-state index contributed by atoms with van der Waals surface area (Å²) in [5, 5.41) is 2.43. The topological polar surface area (TPSA) is 84.5 Å². The van der Waals surface area contributed by atoms with Gasteiger partial charge in [0.25, 0.3) is 0 Å². The largest absolute Gasteiger partial charge is 0.444 e. The lowest BCUT2D eigenvalue weighted by atomic mass is 10.0. The van der Waals surface area contributed by atoms with Crippen LogP contribution in [0, 0.1) is 0 Å². The lowest BCUT2D eigenvalue weighted by Gasteiger charge is -2.18. The first kappa shape index (κ1) is 33.3. The molecule has 0 saturated carbocycles. The van der Waals surface area contributed by atoms with Crippen LogP contribution in [0.2, 0.25) is 0 Å². The first-order chi connectivity index (χ1) is 15.9. The fourth-order valence-corrected chi connectivity index (χ4v) is 6.53. The average molecular weight is 621 g/mol. The highest BCUT2D eigenvalue weighted by Crippen LogP contribution is 2.15. The first-order valence-corrected chi connectivity index (χ1v) is 17.3. The quantitative estimate of drug-likeness (QED) is 0.0716. The molecule has 0 aliphatic rings. The normalized spacial score (nSPS) is 12.6. The van der Waals surface area contributed by atoms with Crippen molar-refractivity contribution in [1.82, 2.24) is 10.0 Å². The number of amides is 1. The summed E-state index contributed by atoms with van der Waals surface area (Å²) in [7, 11) is -1.81. The zero-order valence-corrected chi connectivity index (χ0v) is 24.8. The van der Waals surface area contributed by atoms with Crippen LogP contribution in [-0.4, -0.2) is 55.9 Å². The molecule has 1 unspecified atom stereocenters. The van der Waals surface area contributed by atoms with E-state index in [0.29, 0.717) is 12.2 Å². The van der Waals surface area contributed by atoms with Crippen LogP contribution >= 0.6 is 34.4 Å². The Balaban J connectivity index is 3.74. The molecule has 0 aromatic rings. The fourth-order valence-electron chi connectivity index (χ4n) is 3.50. The number of alkyl carbamates (subject to hydrolysis) is 1. The summed E-state index contributed by atoms with van der Waals surface area (Å²) in [5.74, 6) is 1.71. The van der Waals surface area contributed by atoms with E-state index in [4.69, 9.17) is 4.74 Å². The first-order valence-electron chi connectivity index (χ1n) is 12.9. The number of alkyl halides is 1. The van der Waals surface area contributed by atoms with E-state index in [9.17, 15) is 13.2 Å². The number of thioether (sulfide) groups is 1. The molecule has 0 spiro atoms. The van der Waals surface area contributed by atoms with Gasteiger partial charge in [0.1, 0.15) is 6.10 Å². The Hall–Kier alpha value is 0.260. The van der Waals surface area contributed by atoms with E-state index in [-0.39, 0.29) is 12.3 Å². The Morgan fingerprint density at radius 2 is 1.39 bits per heavy atom. The molecule has 2 N–H and O–H groups in total. The second-order valence-corrected chi connectivity index (χ2v) is 12.8. The molecule has 33 heavy (non-hydrogen) atoms. The standard InChI is InChI=1S/C24H49IN2O4S2/c1-3-4-5-6-7-8-9-10-11-12-13-14-15-16-19-32-22-23(31-24(28)26-2)21-27-33(29,30)20-17-18-25/h23,27H,3-22H2,1-2H3,(H,26,28). The third-order valence-electron chi connectivity index (χ3n) is 5.50. The molecule has 198 valence electrons. The number of carbonyl (C=O) groups excluding carboxylic acids is 1. The summed E-state index contributed by atoms with van der Waals surface area (Å²) < 4.78 is 32.7. The predicted octanol–water partition coefficient (Wildman–Crippen LogP) is 6.67. The number of nitrogens with one attached hydrogen (secondary N) is 2. The highest BCUT2D eigenvalue weighted by Gasteiger charge is 2.18. The van der Waals surface area contributed by atoms with Crippen molar-refractivity contribution in [3.8, 4) is 0 Å². The molecule has 0 aliphatic heterocycles. The molecule has 0 bridgehead atoms. The third kappa shape index (κ3) is 23.8. The van der Waals surface area contributed by atoms with Gasteiger partial charge in [-0.3, -0.25) is 0 Å². The summed E-state index contributed by atoms with van der Waals surface area (Å²) in [6.07, 6.45) is 18.5. The molecule has 1 amide bonds. The van der Waals surface area contributed by atoms with E-state index in [1.165, 1.54) is 90.5 Å². The molecule has 0 rings (SSSR count). The van der Waals surface area contributed by atoms with Crippen molar-refractivity contribution in [2.45, 2.75) is 109 Å². The Labute approximate surface area is 222 Å². The van der Waals surface area contributed by atoms with Gasteiger partial charge in [-0.1, -0.05) is 113 Å². The zero-order chi connectivity index (χ0) is 24.6. The van der Waals surface area contributed by atoms with Crippen LogP contribution in [0.3, 0.4) is 0 Å². The lowest BCUT2D eigenvalue weighted by molar-refractivity contribution is 0.113. The van der Waals surface area contributed by atoms with Crippen LogP contribution in [0.15, 0.2) is 0 Å². The van der Waals surface area contributed by atoms with E-state index in [1.807, 2.05) is 0 Å². The Morgan fingerprint density at radius 3 is 1.88 bits per heavy atom. The van der Waals surface area contributed by atoms with Gasteiger partial charge in [-0.05, 0) is 18.6 Å². The van der Waals surface area contributed by atoms with Crippen LogP contribution < -0.4 is 10.0 Å². The highest BCUT2D eigenvalue weighted by molar-refractivity contribution is 14.1. The molecule has 0 saturated heterocycles. The monoisotopic (exact) mass is 620 g/mol. The maximum Gasteiger partial charge on any atom is 0.407 e. The minimum Gasteiger partial charge on any atom is -0.444 e. The lowest BCUT2D eigenvalue weighted by Crippen LogP contribution is -2.39. The van der Waals surface area contributed by atoms with Crippen LogP contribution in [0.5, 0.6) is 0 Å². The minimum atomic E-state index is -3.32. The number of sulfonamides is 1. The van der Waals surface area contributed by atoms with Crippen molar-refractivity contribution < 1.29 is 17.9 Å². The number of carbonyl (C=O) groups is 1. The number of rotatable bonds is 24. The van der Waals surface area contributed by atoms with E-state index < -0.39 is 22.2 Å². The number of unbranched alkanes of at least 4 members (excludes halogenated alkanes) is 13. The molecule has 0 radical (unpaired) electrons. The highest BCUT2D eigenvalue weighted by atomic mass is 127. The summed E-state index contributed by atoms with van der Waals surface area (Å²) in [6.45, 7) is 2.40. The van der Waals surface area contributed by atoms with Crippen LogP contribution in [-0.2, 0) is 14.8 Å². The van der Waals surface area contributed by atoms with Crippen molar-refractivity contribution in [1.29, 1.82) is 0 Å². The van der Waals surface area contributed by atoms with Crippen LogP contribution in [0.4, 0.5) is 4.79 Å². The molecule has 0 heterocycles. The van der Waals surface area contributed by atoms with Gasteiger partial charge in [-0.2, -0.15) is 11.8 Å². The van der Waals surface area contributed by atoms with Crippen molar-refractivity contribution in [3.63, 3.8) is 0 Å². The molecule has 0 aliphatic carbocycles. The van der Waals surface area contributed by atoms with Crippen LogP contribution in [0.1, 0.15) is 103 Å². The van der Waals surface area contributed by atoms with Crippen molar-refractivity contribution in [2.24, 2.45) is 0 Å². The van der Waals surface area contributed by atoms with Crippen molar-refractivity contribution >= 4 is 50.5 Å². The number of ether oxygens (including phenoxy) is 1. The summed E-state index contributed by atoms with van der Waals surface area (Å²) in [6, 6.07) is 0. The van der Waals surface area contributed by atoms with Crippen LogP contribution in [0.25, 0.3) is 0 Å². The summed E-state index contributed by atoms with van der Waals surface area (Å²) in [5.41, 5.74) is 0. The van der Waals surface area contributed by atoms with Gasteiger partial charge in [-0.15, -0.1) is 0 Å². The maximum absolute atomic E-state index is 12.0. The van der Waals surface area contributed by atoms with Gasteiger partial charge in [0.15, 0.2) is 0 Å². The van der Waals surface area contributed by atoms with Gasteiger partial charge in [0, 0.05) is 23.8 Å². The molecule has 0 aromatic carbocycles. The Morgan fingerprint density at radius 1 is 0.879 bits per heavy atom. The van der Waals surface area contributed by atoms with Gasteiger partial charge < -0.3 is 10.1 Å². The fraction of sp³-hybridized carbons (Fsp3) is 0.958. The van der Waals surface area contributed by atoms with Gasteiger partial charge in [0.05, 0.1) is 5.75 Å². The maximum atomic E-state index is 12.0. The Bertz CT molecular complexity index is 551. The number of hydrogen-bond acceptors (Lipinski definition) is 5. The average Bonchev–Trinajstić information content (AvgIpc) is 2.80. The molecular formula is C24H49IN2O4S2. The molecule has 1 atom stereocenters. The molecule has 0 fully saturated rings. The molecule has 0 aromatic heterocycles. The summed E-state index contributed by atoms with van der Waals surface area (Å²) in [4.78, 5) is 11.6. The van der Waals surface area contributed by atoms with E-state index >= 15 is 0 Å². The Kier molecular flexibility index (Phi) is 24.2. The SMILES string of the molecule is CCCCCCCCCCCCCCCCSCC(CNS(=O)(=O)CCCI)OC(=O)NC.